The van der Waals surface area contributed by atoms with Crippen LogP contribution in [0.4, 0.5) is 9.59 Å². The molecule has 1 unspecified atom stereocenters. The van der Waals surface area contributed by atoms with Crippen LogP contribution >= 0.6 is 0 Å². The third-order valence-corrected chi connectivity index (χ3v) is 2.66. The maximum atomic E-state index is 12.3. The van der Waals surface area contributed by atoms with Crippen LogP contribution in [-0.2, 0) is 14.3 Å². The number of hydrogen-bond acceptors (Lipinski definition) is 5. The fourth-order valence-corrected chi connectivity index (χ4v) is 1.94. The summed E-state index contributed by atoms with van der Waals surface area (Å²) in [5.41, 5.74) is -1.49. The Morgan fingerprint density at radius 3 is 1.91 bits per heavy atom. The van der Waals surface area contributed by atoms with Crippen molar-refractivity contribution in [3.8, 4) is 0 Å². The molecule has 22 heavy (non-hydrogen) atoms. The summed E-state index contributed by atoms with van der Waals surface area (Å²) in [6.07, 6.45) is -1.42. The molecule has 0 N–H and O–H groups in total. The number of ether oxygens (including phenoxy) is 2. The van der Waals surface area contributed by atoms with Crippen LogP contribution in [0.3, 0.4) is 0 Å². The molecule has 0 aliphatic carbocycles. The Labute approximate surface area is 131 Å². The normalized spacial score (nSPS) is 20.0. The molecule has 126 valence electrons. The van der Waals surface area contributed by atoms with E-state index >= 15 is 0 Å². The smallest absolute Gasteiger partial charge is 0.436 e. The van der Waals surface area contributed by atoms with E-state index in [9.17, 15) is 14.4 Å². The zero-order valence-corrected chi connectivity index (χ0v) is 14.4. The molecule has 0 saturated carbocycles. The molecule has 1 saturated heterocycles. The van der Waals surface area contributed by atoms with E-state index in [4.69, 9.17) is 9.47 Å². The molecule has 0 bridgehead atoms. The molecule has 0 aromatic rings. The fourth-order valence-electron chi connectivity index (χ4n) is 1.94. The van der Waals surface area contributed by atoms with Gasteiger partial charge in [0.15, 0.2) is 0 Å². The Bertz CT molecular complexity index is 462. The van der Waals surface area contributed by atoms with Crippen molar-refractivity contribution in [2.24, 2.45) is 5.92 Å². The second kappa shape index (κ2) is 6.14. The number of carbonyl (C=O) groups excluding carboxylic acids is 3. The van der Waals surface area contributed by atoms with Crippen molar-refractivity contribution in [3.63, 3.8) is 0 Å². The standard InChI is InChI=1S/C15H26N2O5/c1-10-8-11(18)17(13(20)22-15(5,6)7)16(9-10)12(19)21-14(2,3)4/h10H,8-9H2,1-7H3. The highest BCUT2D eigenvalue weighted by atomic mass is 16.6. The molecular formula is C15H26N2O5. The van der Waals surface area contributed by atoms with Crippen LogP contribution in [0.25, 0.3) is 0 Å². The molecule has 1 aliphatic heterocycles. The first-order valence-corrected chi connectivity index (χ1v) is 7.36. The Hall–Kier alpha value is -1.79. The number of hydrogen-bond donors (Lipinski definition) is 0. The van der Waals surface area contributed by atoms with Crippen LogP contribution in [0.2, 0.25) is 0 Å². The Morgan fingerprint density at radius 1 is 1.00 bits per heavy atom. The minimum atomic E-state index is -0.866. The van der Waals surface area contributed by atoms with Crippen LogP contribution < -0.4 is 0 Å². The van der Waals surface area contributed by atoms with Gasteiger partial charge in [-0.25, -0.2) is 14.6 Å². The minimum Gasteiger partial charge on any atom is -0.442 e. The predicted octanol–water partition coefficient (Wildman–Crippen LogP) is 2.94. The highest BCUT2D eigenvalue weighted by Gasteiger charge is 2.41. The second-order valence-electron chi connectivity index (χ2n) is 7.56. The van der Waals surface area contributed by atoms with Crippen molar-refractivity contribution in [2.75, 3.05) is 6.54 Å². The third kappa shape index (κ3) is 5.20. The number of imide groups is 1. The van der Waals surface area contributed by atoms with Crippen molar-refractivity contribution >= 4 is 18.1 Å². The molecule has 1 rings (SSSR count). The first kappa shape index (κ1) is 18.3. The maximum absolute atomic E-state index is 12.3. The van der Waals surface area contributed by atoms with Gasteiger partial charge >= 0.3 is 12.2 Å². The topological polar surface area (TPSA) is 76.2 Å². The highest BCUT2D eigenvalue weighted by molar-refractivity contribution is 5.94. The van der Waals surface area contributed by atoms with E-state index < -0.39 is 29.3 Å². The van der Waals surface area contributed by atoms with Crippen LogP contribution in [0.5, 0.6) is 0 Å². The summed E-state index contributed by atoms with van der Waals surface area (Å²) in [7, 11) is 0. The number of hydrazine groups is 1. The Balaban J connectivity index is 3.00. The summed E-state index contributed by atoms with van der Waals surface area (Å²) in [6, 6.07) is 0. The molecule has 0 aromatic heterocycles. The molecule has 1 heterocycles. The predicted molar refractivity (Wildman–Crippen MR) is 79.8 cm³/mol. The van der Waals surface area contributed by atoms with Gasteiger partial charge in [-0.15, -0.1) is 5.01 Å². The summed E-state index contributed by atoms with van der Waals surface area (Å²) < 4.78 is 10.5. The van der Waals surface area contributed by atoms with Crippen LogP contribution in [-0.4, -0.2) is 45.9 Å². The Kier molecular flexibility index (Phi) is 5.10. The second-order valence-corrected chi connectivity index (χ2v) is 7.56. The van der Waals surface area contributed by atoms with E-state index in [1.807, 2.05) is 6.92 Å². The molecule has 1 atom stereocenters. The molecule has 0 radical (unpaired) electrons. The molecule has 0 aromatic carbocycles. The number of nitrogens with zero attached hydrogens (tertiary/aromatic N) is 2. The lowest BCUT2D eigenvalue weighted by molar-refractivity contribution is -0.153. The summed E-state index contributed by atoms with van der Waals surface area (Å²) >= 11 is 0. The minimum absolute atomic E-state index is 0.0568. The highest BCUT2D eigenvalue weighted by Crippen LogP contribution is 2.23. The van der Waals surface area contributed by atoms with Crippen molar-refractivity contribution in [1.82, 2.24) is 10.0 Å². The van der Waals surface area contributed by atoms with Gasteiger partial charge in [-0.05, 0) is 47.5 Å². The molecule has 7 heteroatoms. The average Bonchev–Trinajstić information content (AvgIpc) is 2.22. The lowest BCUT2D eigenvalue weighted by Gasteiger charge is -2.39. The van der Waals surface area contributed by atoms with Crippen LogP contribution in [0, 0.1) is 5.92 Å². The van der Waals surface area contributed by atoms with Crippen LogP contribution in [0.15, 0.2) is 0 Å². The maximum Gasteiger partial charge on any atom is 0.436 e. The molecule has 3 amide bonds. The van der Waals surface area contributed by atoms with Crippen molar-refractivity contribution < 1.29 is 23.9 Å². The fraction of sp³-hybridized carbons (Fsp3) is 0.800. The quantitative estimate of drug-likeness (QED) is 0.687. The Morgan fingerprint density at radius 2 is 1.45 bits per heavy atom. The number of amides is 3. The first-order valence-electron chi connectivity index (χ1n) is 7.36. The van der Waals surface area contributed by atoms with Gasteiger partial charge in [0.05, 0.1) is 0 Å². The van der Waals surface area contributed by atoms with E-state index in [-0.39, 0.29) is 18.9 Å². The summed E-state index contributed by atoms with van der Waals surface area (Å²) in [5, 5.41) is 1.77. The third-order valence-electron chi connectivity index (χ3n) is 2.66. The molecular weight excluding hydrogens is 288 g/mol. The van der Waals surface area contributed by atoms with Crippen molar-refractivity contribution in [2.45, 2.75) is 66.1 Å². The lowest BCUT2D eigenvalue weighted by Crippen LogP contribution is -2.59. The molecule has 7 nitrogen and oxygen atoms in total. The lowest BCUT2D eigenvalue weighted by atomic mass is 10.1. The van der Waals surface area contributed by atoms with E-state index in [0.29, 0.717) is 0 Å². The molecule has 0 spiro atoms. The van der Waals surface area contributed by atoms with Gasteiger partial charge < -0.3 is 9.47 Å². The van der Waals surface area contributed by atoms with Crippen molar-refractivity contribution in [3.05, 3.63) is 0 Å². The van der Waals surface area contributed by atoms with E-state index in [0.717, 1.165) is 10.0 Å². The van der Waals surface area contributed by atoms with Gasteiger partial charge in [0.1, 0.15) is 11.2 Å². The largest absolute Gasteiger partial charge is 0.442 e. The average molecular weight is 314 g/mol. The van der Waals surface area contributed by atoms with E-state index in [1.54, 1.807) is 41.5 Å². The number of rotatable bonds is 0. The van der Waals surface area contributed by atoms with Gasteiger partial charge in [0, 0.05) is 13.0 Å². The zero-order chi connectivity index (χ0) is 17.3. The molecule has 1 fully saturated rings. The summed E-state index contributed by atoms with van der Waals surface area (Å²) in [5.74, 6) is -0.530. The summed E-state index contributed by atoms with van der Waals surface area (Å²) in [6.45, 7) is 12.3. The van der Waals surface area contributed by atoms with Gasteiger partial charge in [-0.3, -0.25) is 4.79 Å². The molecule has 1 aliphatic rings. The van der Waals surface area contributed by atoms with E-state index in [2.05, 4.69) is 0 Å². The van der Waals surface area contributed by atoms with Crippen molar-refractivity contribution in [1.29, 1.82) is 0 Å². The number of carbonyl (C=O) groups is 3. The van der Waals surface area contributed by atoms with Gasteiger partial charge in [-0.1, -0.05) is 6.92 Å². The monoisotopic (exact) mass is 314 g/mol. The first-order chi connectivity index (χ1) is 9.80. The summed E-state index contributed by atoms with van der Waals surface area (Å²) in [4.78, 5) is 36.7. The van der Waals surface area contributed by atoms with Crippen LogP contribution in [0.1, 0.15) is 54.9 Å². The van der Waals surface area contributed by atoms with E-state index in [1.165, 1.54) is 0 Å². The van der Waals surface area contributed by atoms with Gasteiger partial charge in [-0.2, -0.15) is 0 Å². The SMILES string of the molecule is CC1CC(=O)N(C(=O)OC(C)(C)C)N(C(=O)OC(C)(C)C)C1. The van der Waals surface area contributed by atoms with Gasteiger partial charge in [0.25, 0.3) is 5.91 Å². The van der Waals surface area contributed by atoms with Gasteiger partial charge in [0.2, 0.25) is 0 Å². The zero-order valence-electron chi connectivity index (χ0n) is 14.4.